The highest BCUT2D eigenvalue weighted by Gasteiger charge is 2.10. The maximum atomic E-state index is 12.1. The van der Waals surface area contributed by atoms with Crippen molar-refractivity contribution in [3.05, 3.63) is 28.2 Å². The monoisotopic (exact) mass is 387 g/mol. The van der Waals surface area contributed by atoms with E-state index >= 15 is 0 Å². The highest BCUT2D eigenvalue weighted by atomic mass is 79.9. The van der Waals surface area contributed by atoms with Gasteiger partial charge < -0.3 is 15.0 Å². The molecule has 0 aliphatic rings. The second-order valence-electron chi connectivity index (χ2n) is 4.59. The highest BCUT2D eigenvalue weighted by Crippen LogP contribution is 2.25. The summed E-state index contributed by atoms with van der Waals surface area (Å²) in [6, 6.07) is 5.12. The second-order valence-corrected chi connectivity index (χ2v) is 5.85. The number of nitrogens with one attached hydrogen (secondary N) is 2. The van der Waals surface area contributed by atoms with Crippen molar-refractivity contribution in [2.75, 3.05) is 33.3 Å². The number of hydrogen-bond acceptors (Lipinski definition) is 4. The van der Waals surface area contributed by atoms with E-state index < -0.39 is 0 Å². The predicted octanol–water partition coefficient (Wildman–Crippen LogP) is 2.40. The van der Waals surface area contributed by atoms with Crippen LogP contribution >= 0.6 is 28.1 Å². The SMILES string of the molecule is CCN(CC)CCNC(=S)NC(=O)c1ccc(OC)c(Br)c1. The number of ether oxygens (including phenoxy) is 1. The third kappa shape index (κ3) is 5.90. The molecule has 0 bridgehead atoms. The quantitative estimate of drug-likeness (QED) is 0.703. The van der Waals surface area contributed by atoms with Crippen molar-refractivity contribution in [3.63, 3.8) is 0 Å². The lowest BCUT2D eigenvalue weighted by Crippen LogP contribution is -2.42. The summed E-state index contributed by atoms with van der Waals surface area (Å²) in [5, 5.41) is 6.05. The minimum absolute atomic E-state index is 0.247. The summed E-state index contributed by atoms with van der Waals surface area (Å²) < 4.78 is 5.86. The average Bonchev–Trinajstić information content (AvgIpc) is 2.51. The van der Waals surface area contributed by atoms with Crippen LogP contribution in [0.5, 0.6) is 5.75 Å². The van der Waals surface area contributed by atoms with Gasteiger partial charge >= 0.3 is 0 Å². The number of methoxy groups -OCH3 is 1. The van der Waals surface area contributed by atoms with Gasteiger partial charge in [0, 0.05) is 18.7 Å². The van der Waals surface area contributed by atoms with Crippen molar-refractivity contribution in [2.45, 2.75) is 13.8 Å². The maximum Gasteiger partial charge on any atom is 0.257 e. The van der Waals surface area contributed by atoms with Crippen LogP contribution in [0, 0.1) is 0 Å². The van der Waals surface area contributed by atoms with Gasteiger partial charge in [0.15, 0.2) is 5.11 Å². The largest absolute Gasteiger partial charge is 0.496 e. The first-order valence-electron chi connectivity index (χ1n) is 7.16. The number of likely N-dealkylation sites (N-methyl/N-ethyl adjacent to an activating group) is 1. The Morgan fingerprint density at radius 1 is 1.36 bits per heavy atom. The molecule has 1 aromatic carbocycles. The van der Waals surface area contributed by atoms with E-state index in [-0.39, 0.29) is 5.91 Å². The molecule has 0 saturated heterocycles. The van der Waals surface area contributed by atoms with Gasteiger partial charge in [0.1, 0.15) is 5.75 Å². The normalized spacial score (nSPS) is 10.4. The topological polar surface area (TPSA) is 53.6 Å². The Labute approximate surface area is 145 Å². The predicted molar refractivity (Wildman–Crippen MR) is 96.5 cm³/mol. The van der Waals surface area contributed by atoms with Crippen molar-refractivity contribution in [2.24, 2.45) is 0 Å². The van der Waals surface area contributed by atoms with Crippen molar-refractivity contribution in [3.8, 4) is 5.75 Å². The molecule has 1 aromatic rings. The van der Waals surface area contributed by atoms with Gasteiger partial charge in [-0.3, -0.25) is 10.1 Å². The Bertz CT molecular complexity index is 522. The number of hydrogen-bond donors (Lipinski definition) is 2. The molecule has 0 aliphatic carbocycles. The van der Waals surface area contributed by atoms with E-state index in [0.717, 1.165) is 24.1 Å². The van der Waals surface area contributed by atoms with Crippen molar-refractivity contribution >= 4 is 39.2 Å². The van der Waals surface area contributed by atoms with E-state index in [9.17, 15) is 4.79 Å². The smallest absolute Gasteiger partial charge is 0.257 e. The van der Waals surface area contributed by atoms with E-state index in [0.29, 0.717) is 23.0 Å². The lowest BCUT2D eigenvalue weighted by molar-refractivity contribution is 0.0976. The summed E-state index contributed by atoms with van der Waals surface area (Å²) >= 11 is 8.49. The first-order valence-corrected chi connectivity index (χ1v) is 8.37. The molecule has 0 aromatic heterocycles. The first kappa shape index (κ1) is 18.9. The zero-order chi connectivity index (χ0) is 16.5. The fraction of sp³-hybridized carbons (Fsp3) is 0.467. The van der Waals surface area contributed by atoms with Gasteiger partial charge in [-0.25, -0.2) is 0 Å². The third-order valence-corrected chi connectivity index (χ3v) is 4.12. The number of benzene rings is 1. The zero-order valence-corrected chi connectivity index (χ0v) is 15.5. The van der Waals surface area contributed by atoms with Crippen molar-refractivity contribution < 1.29 is 9.53 Å². The molecule has 0 atom stereocenters. The standard InChI is InChI=1S/C15H22BrN3O2S/c1-4-19(5-2)9-8-17-15(22)18-14(20)11-6-7-13(21-3)12(16)10-11/h6-7,10H,4-5,8-9H2,1-3H3,(H2,17,18,20,22). The molecule has 0 fully saturated rings. The fourth-order valence-corrected chi connectivity index (χ4v) is 2.63. The van der Waals surface area contributed by atoms with Gasteiger partial charge in [-0.2, -0.15) is 0 Å². The van der Waals surface area contributed by atoms with Crippen molar-refractivity contribution in [1.82, 2.24) is 15.5 Å². The lowest BCUT2D eigenvalue weighted by atomic mass is 10.2. The van der Waals surface area contributed by atoms with Crippen LogP contribution in [0.3, 0.4) is 0 Å². The molecule has 1 amide bonds. The van der Waals surface area contributed by atoms with Gasteiger partial charge in [0.2, 0.25) is 0 Å². The molecular formula is C15H22BrN3O2S. The van der Waals surface area contributed by atoms with Crippen molar-refractivity contribution in [1.29, 1.82) is 0 Å². The first-order chi connectivity index (χ1) is 10.5. The Hall–Kier alpha value is -1.18. The minimum atomic E-state index is -0.247. The average molecular weight is 388 g/mol. The van der Waals surface area contributed by atoms with Crippen LogP contribution in [-0.2, 0) is 0 Å². The maximum absolute atomic E-state index is 12.1. The molecule has 122 valence electrons. The Kier molecular flexibility index (Phi) is 8.37. The van der Waals surface area contributed by atoms with E-state index in [2.05, 4.69) is 45.3 Å². The molecular weight excluding hydrogens is 366 g/mol. The molecule has 0 spiro atoms. The van der Waals surface area contributed by atoms with Crippen LogP contribution in [0.15, 0.2) is 22.7 Å². The summed E-state index contributed by atoms with van der Waals surface area (Å²) in [5.74, 6) is 0.431. The van der Waals surface area contributed by atoms with Crippen LogP contribution in [0.1, 0.15) is 24.2 Å². The molecule has 22 heavy (non-hydrogen) atoms. The van der Waals surface area contributed by atoms with Crippen LogP contribution < -0.4 is 15.4 Å². The molecule has 5 nitrogen and oxygen atoms in total. The van der Waals surface area contributed by atoms with Crippen LogP contribution in [0.2, 0.25) is 0 Å². The van der Waals surface area contributed by atoms with Gasteiger partial charge in [-0.15, -0.1) is 0 Å². The highest BCUT2D eigenvalue weighted by molar-refractivity contribution is 9.10. The number of rotatable bonds is 7. The van der Waals surface area contributed by atoms with Gasteiger partial charge in [-0.1, -0.05) is 13.8 Å². The van der Waals surface area contributed by atoms with Crippen LogP contribution in [0.25, 0.3) is 0 Å². The van der Waals surface area contributed by atoms with Gasteiger partial charge in [0.25, 0.3) is 5.91 Å². The summed E-state index contributed by atoms with van der Waals surface area (Å²) in [6.07, 6.45) is 0. The Morgan fingerprint density at radius 3 is 2.59 bits per heavy atom. The zero-order valence-electron chi connectivity index (χ0n) is 13.1. The van der Waals surface area contributed by atoms with Crippen LogP contribution in [-0.4, -0.2) is 49.2 Å². The number of halogens is 1. The molecule has 0 heterocycles. The molecule has 2 N–H and O–H groups in total. The fourth-order valence-electron chi connectivity index (χ4n) is 1.89. The number of thiocarbonyl (C=S) groups is 1. The van der Waals surface area contributed by atoms with Gasteiger partial charge in [0.05, 0.1) is 11.6 Å². The summed E-state index contributed by atoms with van der Waals surface area (Å²) in [5.41, 5.74) is 0.514. The van der Waals surface area contributed by atoms with E-state index in [1.54, 1.807) is 25.3 Å². The number of amides is 1. The molecule has 7 heteroatoms. The minimum Gasteiger partial charge on any atom is -0.496 e. The molecule has 0 radical (unpaired) electrons. The van der Waals surface area contributed by atoms with Crippen LogP contribution in [0.4, 0.5) is 0 Å². The van der Waals surface area contributed by atoms with E-state index in [4.69, 9.17) is 17.0 Å². The molecule has 0 aliphatic heterocycles. The number of nitrogens with zero attached hydrogens (tertiary/aromatic N) is 1. The third-order valence-electron chi connectivity index (χ3n) is 3.25. The lowest BCUT2D eigenvalue weighted by Gasteiger charge is -2.18. The molecule has 1 rings (SSSR count). The van der Waals surface area contributed by atoms with E-state index in [1.807, 2.05) is 0 Å². The summed E-state index contributed by atoms with van der Waals surface area (Å²) in [6.45, 7) is 7.81. The Morgan fingerprint density at radius 2 is 2.05 bits per heavy atom. The number of carbonyl (C=O) groups excluding carboxylic acids is 1. The van der Waals surface area contributed by atoms with Gasteiger partial charge in [-0.05, 0) is 59.4 Å². The summed E-state index contributed by atoms with van der Waals surface area (Å²) in [7, 11) is 1.58. The summed E-state index contributed by atoms with van der Waals surface area (Å²) in [4.78, 5) is 14.4. The molecule has 0 unspecified atom stereocenters. The Balaban J connectivity index is 2.47. The van der Waals surface area contributed by atoms with E-state index in [1.165, 1.54) is 0 Å². The number of carbonyl (C=O) groups is 1. The molecule has 0 saturated carbocycles. The second kappa shape index (κ2) is 9.76.